The number of ketones is 1. The molecule has 0 spiro atoms. The number of hydrogen-bond acceptors (Lipinski definition) is 7. The molecule has 1 aromatic heterocycles. The summed E-state index contributed by atoms with van der Waals surface area (Å²) < 4.78 is 13.8. The number of hydrogen-bond donors (Lipinski definition) is 1. The van der Waals surface area contributed by atoms with Crippen molar-refractivity contribution in [2.45, 2.75) is 16.1 Å². The van der Waals surface area contributed by atoms with Gasteiger partial charge < -0.3 is 5.11 Å². The number of amides is 1. The van der Waals surface area contributed by atoms with E-state index in [-0.39, 0.29) is 16.5 Å². The second-order valence-electron chi connectivity index (χ2n) is 8.12. The molecule has 0 fully saturated rings. The van der Waals surface area contributed by atoms with Crippen LogP contribution in [-0.2, 0) is 15.3 Å². The Bertz CT molecular complexity index is 1490. The summed E-state index contributed by atoms with van der Waals surface area (Å²) in [5, 5.41) is 19.5. The Balaban J connectivity index is 1.43. The van der Waals surface area contributed by atoms with Crippen LogP contribution in [0.25, 0.3) is 6.08 Å². The zero-order chi connectivity index (χ0) is 25.8. The number of carbonyl (C=O) groups is 2. The number of rotatable bonds is 8. The standard InChI is InChI=1S/C28H20FN3O3S2/c29-21-14-11-19(12-15-21)17-36-28-31-30-27(37-28)32-24(20-9-5-2-6-10-20)23(25(34)26(32)35)22(33)16-13-18-7-3-1-4-8-18/h1-16,24,34H,17H2/b16-13+. The van der Waals surface area contributed by atoms with Crippen molar-refractivity contribution in [3.05, 3.63) is 125 Å². The second-order valence-corrected chi connectivity index (χ2v) is 10.3. The molecule has 1 aliphatic rings. The number of aliphatic hydroxyl groups excluding tert-OH is 1. The molecule has 6 nitrogen and oxygen atoms in total. The lowest BCUT2D eigenvalue weighted by molar-refractivity contribution is -0.117. The lowest BCUT2D eigenvalue weighted by Crippen LogP contribution is -2.30. The Kier molecular flexibility index (Phi) is 7.25. The average Bonchev–Trinajstić information content (AvgIpc) is 3.50. The van der Waals surface area contributed by atoms with Crippen LogP contribution in [0.15, 0.2) is 107 Å². The van der Waals surface area contributed by atoms with Gasteiger partial charge >= 0.3 is 0 Å². The third-order valence-electron chi connectivity index (χ3n) is 5.69. The van der Waals surface area contributed by atoms with Crippen molar-refractivity contribution < 1.29 is 19.1 Å². The smallest absolute Gasteiger partial charge is 0.296 e. The molecule has 4 aromatic rings. The van der Waals surface area contributed by atoms with E-state index in [4.69, 9.17) is 0 Å². The van der Waals surface area contributed by atoms with Gasteiger partial charge in [0.1, 0.15) is 5.82 Å². The molecule has 9 heteroatoms. The highest BCUT2D eigenvalue weighted by atomic mass is 32.2. The van der Waals surface area contributed by atoms with Crippen molar-refractivity contribution in [1.29, 1.82) is 0 Å². The summed E-state index contributed by atoms with van der Waals surface area (Å²) in [4.78, 5) is 27.8. The van der Waals surface area contributed by atoms with Crippen molar-refractivity contribution in [2.24, 2.45) is 0 Å². The number of anilines is 1. The van der Waals surface area contributed by atoms with Gasteiger partial charge in [-0.25, -0.2) is 4.39 Å². The number of aromatic nitrogens is 2. The molecule has 37 heavy (non-hydrogen) atoms. The van der Waals surface area contributed by atoms with Gasteiger partial charge in [-0.15, -0.1) is 10.2 Å². The Morgan fingerprint density at radius 1 is 1.00 bits per heavy atom. The fraction of sp³-hybridized carbons (Fsp3) is 0.0714. The molecule has 0 bridgehead atoms. The van der Waals surface area contributed by atoms with Gasteiger partial charge in [-0.3, -0.25) is 14.5 Å². The zero-order valence-electron chi connectivity index (χ0n) is 19.3. The average molecular weight is 530 g/mol. The molecule has 2 heterocycles. The first-order chi connectivity index (χ1) is 18.0. The van der Waals surface area contributed by atoms with E-state index in [0.717, 1.165) is 11.1 Å². The van der Waals surface area contributed by atoms with Gasteiger partial charge in [-0.05, 0) is 34.9 Å². The molecule has 184 valence electrons. The van der Waals surface area contributed by atoms with Crippen molar-refractivity contribution >= 4 is 46.0 Å². The van der Waals surface area contributed by atoms with E-state index >= 15 is 0 Å². The van der Waals surface area contributed by atoms with E-state index < -0.39 is 23.5 Å². The van der Waals surface area contributed by atoms with Gasteiger partial charge in [0.05, 0.1) is 11.6 Å². The zero-order valence-corrected chi connectivity index (χ0v) is 21.0. The predicted molar refractivity (Wildman–Crippen MR) is 143 cm³/mol. The Morgan fingerprint density at radius 2 is 1.68 bits per heavy atom. The Morgan fingerprint density at radius 3 is 2.38 bits per heavy atom. The summed E-state index contributed by atoms with van der Waals surface area (Å²) in [6.07, 6.45) is 3.00. The molecule has 0 aliphatic carbocycles. The lowest BCUT2D eigenvalue weighted by Gasteiger charge is -2.23. The molecule has 1 atom stereocenters. The van der Waals surface area contributed by atoms with Gasteiger partial charge in [-0.1, -0.05) is 102 Å². The second kappa shape index (κ2) is 10.9. The fourth-order valence-corrected chi connectivity index (χ4v) is 5.74. The number of aliphatic hydroxyl groups is 1. The molecule has 1 unspecified atom stereocenters. The molecule has 0 saturated heterocycles. The van der Waals surface area contributed by atoms with Crippen molar-refractivity contribution in [2.75, 3.05) is 4.90 Å². The van der Waals surface area contributed by atoms with Crippen LogP contribution in [-0.4, -0.2) is 27.0 Å². The minimum atomic E-state index is -0.857. The normalized spacial score (nSPS) is 15.6. The van der Waals surface area contributed by atoms with E-state index in [2.05, 4.69) is 10.2 Å². The van der Waals surface area contributed by atoms with Gasteiger partial charge in [-0.2, -0.15) is 0 Å². The maximum atomic E-state index is 13.3. The van der Waals surface area contributed by atoms with Gasteiger partial charge in [0.15, 0.2) is 15.9 Å². The minimum absolute atomic E-state index is 0.0147. The number of allylic oxidation sites excluding steroid dienone is 1. The fourth-order valence-electron chi connectivity index (χ4n) is 3.91. The Labute approximate surface area is 220 Å². The van der Waals surface area contributed by atoms with Crippen molar-refractivity contribution in [1.82, 2.24) is 10.2 Å². The summed E-state index contributed by atoms with van der Waals surface area (Å²) in [5.41, 5.74) is 2.38. The Hall–Kier alpha value is -4.08. The largest absolute Gasteiger partial charge is 0.503 e. The molecule has 1 N–H and O–H groups in total. The van der Waals surface area contributed by atoms with Crippen molar-refractivity contribution in [3.63, 3.8) is 0 Å². The van der Waals surface area contributed by atoms with Crippen LogP contribution in [0.4, 0.5) is 9.52 Å². The molecule has 0 radical (unpaired) electrons. The first-order valence-electron chi connectivity index (χ1n) is 11.3. The summed E-state index contributed by atoms with van der Waals surface area (Å²) in [6.45, 7) is 0. The van der Waals surface area contributed by atoms with Crippen LogP contribution >= 0.6 is 23.1 Å². The predicted octanol–water partition coefficient (Wildman–Crippen LogP) is 6.15. The maximum absolute atomic E-state index is 13.3. The summed E-state index contributed by atoms with van der Waals surface area (Å²) in [6, 6.07) is 23.7. The lowest BCUT2D eigenvalue weighted by atomic mass is 9.96. The SMILES string of the molecule is O=C(/C=C/c1ccccc1)C1=C(O)C(=O)N(c2nnc(SCc3ccc(F)cc3)s2)C1c1ccccc1. The molecule has 1 aliphatic heterocycles. The topological polar surface area (TPSA) is 83.4 Å². The van der Waals surface area contributed by atoms with Crippen molar-refractivity contribution in [3.8, 4) is 0 Å². The monoisotopic (exact) mass is 529 g/mol. The molecule has 3 aromatic carbocycles. The van der Waals surface area contributed by atoms with Crippen LogP contribution in [0.2, 0.25) is 0 Å². The minimum Gasteiger partial charge on any atom is -0.503 e. The quantitative estimate of drug-likeness (QED) is 0.167. The molecule has 5 rings (SSSR count). The van der Waals surface area contributed by atoms with E-state index in [1.165, 1.54) is 46.2 Å². The first-order valence-corrected chi connectivity index (χ1v) is 13.1. The first kappa shape index (κ1) is 24.6. The van der Waals surface area contributed by atoms with E-state index in [0.29, 0.717) is 15.7 Å². The van der Waals surface area contributed by atoms with Crippen LogP contribution in [0.5, 0.6) is 0 Å². The summed E-state index contributed by atoms with van der Waals surface area (Å²) in [7, 11) is 0. The van der Waals surface area contributed by atoms with Gasteiger partial charge in [0.25, 0.3) is 5.91 Å². The molecular formula is C28H20FN3O3S2. The number of halogens is 1. The molecule has 1 amide bonds. The summed E-state index contributed by atoms with van der Waals surface area (Å²) in [5.74, 6) is -1.55. The number of carbonyl (C=O) groups excluding carboxylic acids is 2. The van der Waals surface area contributed by atoms with Crippen LogP contribution in [0, 0.1) is 5.82 Å². The van der Waals surface area contributed by atoms with E-state index in [9.17, 15) is 19.1 Å². The third kappa shape index (κ3) is 5.37. The van der Waals surface area contributed by atoms with Gasteiger partial charge in [0.2, 0.25) is 5.13 Å². The highest BCUT2D eigenvalue weighted by molar-refractivity contribution is 8.00. The summed E-state index contributed by atoms with van der Waals surface area (Å²) >= 11 is 2.59. The highest BCUT2D eigenvalue weighted by Crippen LogP contribution is 2.43. The van der Waals surface area contributed by atoms with Crippen LogP contribution < -0.4 is 4.90 Å². The maximum Gasteiger partial charge on any atom is 0.296 e. The van der Waals surface area contributed by atoms with Crippen LogP contribution in [0.1, 0.15) is 22.7 Å². The number of thioether (sulfide) groups is 1. The molecule has 0 saturated carbocycles. The number of nitrogens with zero attached hydrogens (tertiary/aromatic N) is 3. The van der Waals surface area contributed by atoms with Gasteiger partial charge in [0, 0.05) is 5.75 Å². The third-order valence-corrected chi connectivity index (χ3v) is 7.82. The number of benzene rings is 3. The van der Waals surface area contributed by atoms with E-state index in [1.54, 1.807) is 42.5 Å². The highest BCUT2D eigenvalue weighted by Gasteiger charge is 2.45. The molecular weight excluding hydrogens is 509 g/mol. The van der Waals surface area contributed by atoms with E-state index in [1.807, 2.05) is 36.4 Å². The van der Waals surface area contributed by atoms with Crippen LogP contribution in [0.3, 0.4) is 0 Å².